The van der Waals surface area contributed by atoms with Gasteiger partial charge in [-0.25, -0.2) is 4.98 Å². The van der Waals surface area contributed by atoms with Crippen molar-refractivity contribution in [3.05, 3.63) is 23.9 Å². The first-order valence-electron chi connectivity index (χ1n) is 6.54. The van der Waals surface area contributed by atoms with E-state index in [1.807, 2.05) is 13.0 Å². The number of carbonyl (C=O) groups is 2. The zero-order valence-electron chi connectivity index (χ0n) is 10.9. The fourth-order valence-electron chi connectivity index (χ4n) is 2.50. The van der Waals surface area contributed by atoms with Gasteiger partial charge in [0.25, 0.3) is 0 Å². The monoisotopic (exact) mass is 262 g/mol. The summed E-state index contributed by atoms with van der Waals surface area (Å²) in [5, 5.41) is 11.9. The van der Waals surface area contributed by atoms with Gasteiger partial charge in [-0.2, -0.15) is 0 Å². The Kier molecular flexibility index (Phi) is 4.14. The van der Waals surface area contributed by atoms with Gasteiger partial charge in [0.1, 0.15) is 5.82 Å². The summed E-state index contributed by atoms with van der Waals surface area (Å²) < 4.78 is 0. The van der Waals surface area contributed by atoms with Gasteiger partial charge < -0.3 is 10.4 Å². The molecule has 0 bridgehead atoms. The molecular formula is C14H18N2O3. The van der Waals surface area contributed by atoms with Crippen molar-refractivity contribution in [1.82, 2.24) is 4.98 Å². The second-order valence-electron chi connectivity index (χ2n) is 5.05. The molecular weight excluding hydrogens is 244 g/mol. The van der Waals surface area contributed by atoms with Gasteiger partial charge in [0, 0.05) is 6.20 Å². The predicted molar refractivity (Wildman–Crippen MR) is 70.7 cm³/mol. The van der Waals surface area contributed by atoms with Crippen molar-refractivity contribution in [3.63, 3.8) is 0 Å². The SMILES string of the molecule is Cc1ccc(NC(=O)[C@H]2CCCC[C@@H]2C(=O)O)nc1. The maximum absolute atomic E-state index is 12.2. The lowest BCUT2D eigenvalue weighted by Crippen LogP contribution is -2.36. The number of nitrogens with one attached hydrogen (secondary N) is 1. The molecule has 1 aromatic heterocycles. The molecule has 1 amide bonds. The number of carbonyl (C=O) groups excluding carboxylic acids is 1. The van der Waals surface area contributed by atoms with Crippen molar-refractivity contribution in [1.29, 1.82) is 0 Å². The van der Waals surface area contributed by atoms with Crippen LogP contribution in [0.5, 0.6) is 0 Å². The lowest BCUT2D eigenvalue weighted by molar-refractivity contribution is -0.147. The Morgan fingerprint density at radius 1 is 1.26 bits per heavy atom. The second kappa shape index (κ2) is 5.82. The minimum absolute atomic E-state index is 0.233. The highest BCUT2D eigenvalue weighted by Crippen LogP contribution is 2.31. The van der Waals surface area contributed by atoms with Gasteiger partial charge in [0.15, 0.2) is 0 Å². The molecule has 1 saturated carbocycles. The van der Waals surface area contributed by atoms with E-state index in [0.29, 0.717) is 18.7 Å². The number of hydrogen-bond acceptors (Lipinski definition) is 3. The van der Waals surface area contributed by atoms with Gasteiger partial charge in [0.2, 0.25) is 5.91 Å². The van der Waals surface area contributed by atoms with Gasteiger partial charge in [-0.1, -0.05) is 18.9 Å². The number of hydrogen-bond donors (Lipinski definition) is 2. The van der Waals surface area contributed by atoms with E-state index in [-0.39, 0.29) is 5.91 Å². The highest BCUT2D eigenvalue weighted by Gasteiger charge is 2.35. The van der Waals surface area contributed by atoms with Gasteiger partial charge in [-0.05, 0) is 31.4 Å². The first-order valence-corrected chi connectivity index (χ1v) is 6.54. The minimum atomic E-state index is -0.878. The summed E-state index contributed by atoms with van der Waals surface area (Å²) in [6.07, 6.45) is 4.67. The number of carboxylic acids is 1. The smallest absolute Gasteiger partial charge is 0.307 e. The first kappa shape index (κ1) is 13.5. The van der Waals surface area contributed by atoms with Crippen LogP contribution in [0.15, 0.2) is 18.3 Å². The number of carboxylic acid groups (broad SMARTS) is 1. The molecule has 1 fully saturated rings. The van der Waals surface area contributed by atoms with Crippen LogP contribution in [0.25, 0.3) is 0 Å². The molecule has 2 rings (SSSR count). The lowest BCUT2D eigenvalue weighted by Gasteiger charge is -2.27. The van der Waals surface area contributed by atoms with Crippen LogP contribution in [-0.4, -0.2) is 22.0 Å². The fourth-order valence-corrected chi connectivity index (χ4v) is 2.50. The topological polar surface area (TPSA) is 79.3 Å². The molecule has 19 heavy (non-hydrogen) atoms. The Hall–Kier alpha value is -1.91. The molecule has 0 aliphatic heterocycles. The van der Waals surface area contributed by atoms with Crippen LogP contribution in [0, 0.1) is 18.8 Å². The van der Waals surface area contributed by atoms with Crippen LogP contribution in [-0.2, 0) is 9.59 Å². The third-order valence-corrected chi connectivity index (χ3v) is 3.58. The van der Waals surface area contributed by atoms with E-state index in [1.165, 1.54) is 0 Å². The highest BCUT2D eigenvalue weighted by atomic mass is 16.4. The van der Waals surface area contributed by atoms with Crippen LogP contribution >= 0.6 is 0 Å². The molecule has 0 aromatic carbocycles. The van der Waals surface area contributed by atoms with Crippen LogP contribution < -0.4 is 5.32 Å². The molecule has 0 radical (unpaired) electrons. The highest BCUT2D eigenvalue weighted by molar-refractivity contribution is 5.94. The molecule has 0 unspecified atom stereocenters. The average Bonchev–Trinajstić information content (AvgIpc) is 2.41. The molecule has 0 spiro atoms. The minimum Gasteiger partial charge on any atom is -0.481 e. The summed E-state index contributed by atoms with van der Waals surface area (Å²) in [7, 11) is 0. The van der Waals surface area contributed by atoms with Crippen molar-refractivity contribution in [2.75, 3.05) is 5.32 Å². The number of amides is 1. The van der Waals surface area contributed by atoms with E-state index >= 15 is 0 Å². The van der Waals surface area contributed by atoms with Crippen molar-refractivity contribution < 1.29 is 14.7 Å². The molecule has 5 nitrogen and oxygen atoms in total. The Balaban J connectivity index is 2.05. The van der Waals surface area contributed by atoms with Gasteiger partial charge in [0.05, 0.1) is 11.8 Å². The number of nitrogens with zero attached hydrogens (tertiary/aromatic N) is 1. The number of anilines is 1. The van der Waals surface area contributed by atoms with Gasteiger partial charge in [-0.3, -0.25) is 9.59 Å². The molecule has 5 heteroatoms. The van der Waals surface area contributed by atoms with Crippen LogP contribution in [0.2, 0.25) is 0 Å². The largest absolute Gasteiger partial charge is 0.481 e. The maximum Gasteiger partial charge on any atom is 0.307 e. The van der Waals surface area contributed by atoms with Gasteiger partial charge >= 0.3 is 5.97 Å². The lowest BCUT2D eigenvalue weighted by atomic mass is 9.79. The third kappa shape index (κ3) is 3.30. The van der Waals surface area contributed by atoms with Crippen molar-refractivity contribution in [2.45, 2.75) is 32.6 Å². The molecule has 2 atom stereocenters. The number of pyridine rings is 1. The molecule has 1 aliphatic carbocycles. The summed E-state index contributed by atoms with van der Waals surface area (Å²) in [5.74, 6) is -1.65. The summed E-state index contributed by atoms with van der Waals surface area (Å²) in [5.41, 5.74) is 1.01. The Morgan fingerprint density at radius 3 is 2.53 bits per heavy atom. The maximum atomic E-state index is 12.2. The van der Waals surface area contributed by atoms with Gasteiger partial charge in [-0.15, -0.1) is 0 Å². The van der Waals surface area contributed by atoms with Crippen LogP contribution in [0.4, 0.5) is 5.82 Å². The summed E-state index contributed by atoms with van der Waals surface area (Å²) in [6.45, 7) is 1.92. The standard InChI is InChI=1S/C14H18N2O3/c1-9-6-7-12(15-8-9)16-13(17)10-4-2-3-5-11(10)14(18)19/h6-8,10-11H,2-5H2,1H3,(H,18,19)(H,15,16,17)/t10-,11-/m0/s1. The van der Waals surface area contributed by atoms with Crippen molar-refractivity contribution in [3.8, 4) is 0 Å². The van der Waals surface area contributed by atoms with Crippen molar-refractivity contribution >= 4 is 17.7 Å². The van der Waals surface area contributed by atoms with E-state index in [9.17, 15) is 9.59 Å². The normalized spacial score (nSPS) is 22.8. The average molecular weight is 262 g/mol. The second-order valence-corrected chi connectivity index (χ2v) is 5.05. The molecule has 1 heterocycles. The molecule has 1 aromatic rings. The van der Waals surface area contributed by atoms with E-state index in [1.54, 1.807) is 12.3 Å². The number of aromatic nitrogens is 1. The summed E-state index contributed by atoms with van der Waals surface area (Å²) in [6, 6.07) is 3.59. The number of aryl methyl sites for hydroxylation is 1. The molecule has 1 aliphatic rings. The summed E-state index contributed by atoms with van der Waals surface area (Å²) >= 11 is 0. The zero-order chi connectivity index (χ0) is 13.8. The van der Waals surface area contributed by atoms with Crippen LogP contribution in [0.1, 0.15) is 31.2 Å². The van der Waals surface area contributed by atoms with E-state index in [2.05, 4.69) is 10.3 Å². The Labute approximate surface area is 112 Å². The first-order chi connectivity index (χ1) is 9.08. The number of aliphatic carboxylic acids is 1. The van der Waals surface area contributed by atoms with Crippen LogP contribution in [0.3, 0.4) is 0 Å². The Morgan fingerprint density at radius 2 is 1.95 bits per heavy atom. The molecule has 102 valence electrons. The fraction of sp³-hybridized carbons (Fsp3) is 0.500. The zero-order valence-corrected chi connectivity index (χ0v) is 10.9. The summed E-state index contributed by atoms with van der Waals surface area (Å²) in [4.78, 5) is 27.4. The van der Waals surface area contributed by atoms with E-state index in [4.69, 9.17) is 5.11 Å². The predicted octanol–water partition coefficient (Wildman–Crippen LogP) is 2.22. The van der Waals surface area contributed by atoms with Crippen molar-refractivity contribution in [2.24, 2.45) is 11.8 Å². The Bertz CT molecular complexity index is 470. The number of rotatable bonds is 3. The molecule has 0 saturated heterocycles. The molecule has 2 N–H and O–H groups in total. The quantitative estimate of drug-likeness (QED) is 0.875. The third-order valence-electron chi connectivity index (χ3n) is 3.58. The van der Waals surface area contributed by atoms with E-state index < -0.39 is 17.8 Å². The van der Waals surface area contributed by atoms with E-state index in [0.717, 1.165) is 18.4 Å².